The lowest BCUT2D eigenvalue weighted by molar-refractivity contribution is -0.116. The summed E-state index contributed by atoms with van der Waals surface area (Å²) in [7, 11) is 0. The topological polar surface area (TPSA) is 114 Å². The third-order valence-corrected chi connectivity index (χ3v) is 7.86. The van der Waals surface area contributed by atoms with E-state index in [0.29, 0.717) is 6.42 Å². The molecule has 39 heavy (non-hydrogen) atoms. The van der Waals surface area contributed by atoms with Gasteiger partial charge < -0.3 is 20.3 Å². The van der Waals surface area contributed by atoms with E-state index in [4.69, 9.17) is 4.74 Å². The van der Waals surface area contributed by atoms with E-state index >= 15 is 0 Å². The molecule has 8 heteroatoms. The Morgan fingerprint density at radius 1 is 0.821 bits per heavy atom. The minimum Gasteiger partial charge on any atom is -0.388 e. The molecule has 1 aliphatic rings. The molecule has 0 radical (unpaired) electrons. The summed E-state index contributed by atoms with van der Waals surface area (Å²) < 4.78 is 6.59. The van der Waals surface area contributed by atoms with Crippen LogP contribution >= 0.6 is 0 Å². The Bertz CT molecular complexity index is 846. The average Bonchev–Trinajstić information content (AvgIpc) is 3.17. The first kappa shape index (κ1) is 33.4. The first-order valence-electron chi connectivity index (χ1n) is 15.8. The highest BCUT2D eigenvalue weighted by atomic mass is 16.6. The van der Waals surface area contributed by atoms with Crippen molar-refractivity contribution in [3.05, 3.63) is 22.7 Å². The van der Waals surface area contributed by atoms with Gasteiger partial charge in [-0.2, -0.15) is 4.98 Å². The van der Waals surface area contributed by atoms with Crippen molar-refractivity contribution in [1.29, 1.82) is 0 Å². The standard InChI is InChI=1S/C31H55N3O5/c1-3-4-5-6-7-8-9-10-11-12-13-14-15-16-17-18-19-20-21-22-27(35)32-26-23-24-34(31(38)33-26)30-29(37)28(36)25(2)39-30/h23-25,28-30,36-37H,3-22H2,1-2H3,(H,32,33,35,38)/t25-,28-,29+,30-/m1/s1. The summed E-state index contributed by atoms with van der Waals surface area (Å²) in [5.41, 5.74) is -0.651. The number of anilines is 1. The van der Waals surface area contributed by atoms with Crippen LogP contribution in [-0.4, -0.2) is 44.0 Å². The first-order valence-corrected chi connectivity index (χ1v) is 15.8. The summed E-state index contributed by atoms with van der Waals surface area (Å²) in [4.78, 5) is 28.4. The van der Waals surface area contributed by atoms with E-state index in [1.165, 1.54) is 115 Å². The van der Waals surface area contributed by atoms with E-state index in [1.807, 2.05) is 0 Å². The molecule has 2 heterocycles. The van der Waals surface area contributed by atoms with E-state index < -0.39 is 30.2 Å². The van der Waals surface area contributed by atoms with Crippen LogP contribution in [0.15, 0.2) is 17.1 Å². The lowest BCUT2D eigenvalue weighted by atomic mass is 10.0. The van der Waals surface area contributed by atoms with Crippen molar-refractivity contribution in [1.82, 2.24) is 9.55 Å². The number of nitrogens with zero attached hydrogens (tertiary/aromatic N) is 2. The van der Waals surface area contributed by atoms with Crippen LogP contribution in [0.3, 0.4) is 0 Å². The Kier molecular flexibility index (Phi) is 17.3. The maximum atomic E-state index is 12.3. The molecule has 0 aromatic carbocycles. The van der Waals surface area contributed by atoms with Crippen molar-refractivity contribution < 1.29 is 19.7 Å². The lowest BCUT2D eigenvalue weighted by Gasteiger charge is -2.17. The van der Waals surface area contributed by atoms with E-state index in [0.717, 1.165) is 23.8 Å². The SMILES string of the molecule is CCCCCCCCCCCCCCCCCCCCCC(=O)Nc1ccn([C@@H]2O[C@H](C)[C@@H](O)[C@@H]2O)c(=O)n1. The molecule has 0 bridgehead atoms. The zero-order valence-corrected chi connectivity index (χ0v) is 24.6. The molecular formula is C31H55N3O5. The molecule has 0 spiro atoms. The molecule has 0 aliphatic carbocycles. The molecule has 1 aromatic rings. The number of ether oxygens (including phenoxy) is 1. The average molecular weight is 550 g/mol. The third-order valence-electron chi connectivity index (χ3n) is 7.86. The zero-order valence-electron chi connectivity index (χ0n) is 24.6. The van der Waals surface area contributed by atoms with Gasteiger partial charge in [0.2, 0.25) is 5.91 Å². The van der Waals surface area contributed by atoms with E-state index in [-0.39, 0.29) is 11.7 Å². The number of aromatic nitrogens is 2. The minimum absolute atomic E-state index is 0.159. The Hall–Kier alpha value is -1.77. The van der Waals surface area contributed by atoms with Crippen molar-refractivity contribution in [3.63, 3.8) is 0 Å². The van der Waals surface area contributed by atoms with Gasteiger partial charge in [0.05, 0.1) is 6.10 Å². The number of unbranched alkanes of at least 4 members (excludes halogenated alkanes) is 18. The molecule has 3 N–H and O–H groups in total. The van der Waals surface area contributed by atoms with Gasteiger partial charge in [0.15, 0.2) is 6.23 Å². The normalized spacial score (nSPS) is 20.9. The number of rotatable bonds is 22. The second kappa shape index (κ2) is 20.2. The van der Waals surface area contributed by atoms with Crippen LogP contribution in [0.1, 0.15) is 148 Å². The first-order chi connectivity index (χ1) is 18.9. The van der Waals surface area contributed by atoms with E-state index in [1.54, 1.807) is 6.92 Å². The number of carbonyl (C=O) groups excluding carboxylic acids is 1. The number of hydrogen-bond donors (Lipinski definition) is 3. The van der Waals surface area contributed by atoms with Crippen molar-refractivity contribution >= 4 is 11.7 Å². The van der Waals surface area contributed by atoms with Gasteiger partial charge in [-0.25, -0.2) is 4.79 Å². The highest BCUT2D eigenvalue weighted by Gasteiger charge is 2.41. The van der Waals surface area contributed by atoms with Gasteiger partial charge in [0.25, 0.3) is 0 Å². The summed E-state index contributed by atoms with van der Waals surface area (Å²) in [5, 5.41) is 22.6. The van der Waals surface area contributed by atoms with Gasteiger partial charge in [-0.05, 0) is 19.4 Å². The summed E-state index contributed by atoms with van der Waals surface area (Å²) >= 11 is 0. The minimum atomic E-state index is -1.21. The van der Waals surface area contributed by atoms with Gasteiger partial charge in [-0.15, -0.1) is 0 Å². The Morgan fingerprint density at radius 3 is 1.69 bits per heavy atom. The molecule has 1 fully saturated rings. The van der Waals surface area contributed by atoms with Crippen molar-refractivity contribution in [3.8, 4) is 0 Å². The van der Waals surface area contributed by atoms with Crippen LogP contribution in [0.25, 0.3) is 0 Å². The number of aliphatic hydroxyl groups is 2. The largest absolute Gasteiger partial charge is 0.388 e. The van der Waals surface area contributed by atoms with Gasteiger partial charge in [0, 0.05) is 12.6 Å². The third kappa shape index (κ3) is 13.4. The maximum absolute atomic E-state index is 12.3. The van der Waals surface area contributed by atoms with Crippen molar-refractivity contribution in [2.24, 2.45) is 0 Å². The van der Waals surface area contributed by atoms with Gasteiger partial charge in [-0.1, -0.05) is 122 Å². The highest BCUT2D eigenvalue weighted by molar-refractivity contribution is 5.89. The van der Waals surface area contributed by atoms with Crippen LogP contribution in [-0.2, 0) is 9.53 Å². The molecule has 0 unspecified atom stereocenters. The molecule has 0 saturated carbocycles. The van der Waals surface area contributed by atoms with Gasteiger partial charge in [-0.3, -0.25) is 9.36 Å². The summed E-state index contributed by atoms with van der Waals surface area (Å²) in [6, 6.07) is 1.50. The summed E-state index contributed by atoms with van der Waals surface area (Å²) in [6.45, 7) is 3.90. The van der Waals surface area contributed by atoms with Crippen LogP contribution in [0.5, 0.6) is 0 Å². The van der Waals surface area contributed by atoms with E-state index in [2.05, 4.69) is 17.2 Å². The van der Waals surface area contributed by atoms with Crippen LogP contribution in [0.4, 0.5) is 5.82 Å². The Morgan fingerprint density at radius 2 is 1.28 bits per heavy atom. The number of amides is 1. The fourth-order valence-corrected chi connectivity index (χ4v) is 5.30. The summed E-state index contributed by atoms with van der Waals surface area (Å²) in [5.74, 6) is 0.0213. The molecule has 2 rings (SSSR count). The molecule has 8 nitrogen and oxygen atoms in total. The molecule has 4 atom stereocenters. The second-order valence-corrected chi connectivity index (χ2v) is 11.4. The van der Waals surface area contributed by atoms with Gasteiger partial charge >= 0.3 is 5.69 Å². The number of carbonyl (C=O) groups is 1. The van der Waals surface area contributed by atoms with E-state index in [9.17, 15) is 19.8 Å². The molecule has 1 saturated heterocycles. The fraction of sp³-hybridized carbons (Fsp3) is 0.839. The molecular weight excluding hydrogens is 494 g/mol. The Balaban J connectivity index is 1.41. The van der Waals surface area contributed by atoms with Crippen LogP contribution in [0, 0.1) is 0 Å². The van der Waals surface area contributed by atoms with Crippen molar-refractivity contribution in [2.45, 2.75) is 167 Å². The molecule has 1 amide bonds. The second-order valence-electron chi connectivity index (χ2n) is 11.4. The van der Waals surface area contributed by atoms with Gasteiger partial charge in [0.1, 0.15) is 18.0 Å². The van der Waals surface area contributed by atoms with Crippen LogP contribution < -0.4 is 11.0 Å². The zero-order chi connectivity index (χ0) is 28.3. The highest BCUT2D eigenvalue weighted by Crippen LogP contribution is 2.28. The molecule has 1 aliphatic heterocycles. The fourth-order valence-electron chi connectivity index (χ4n) is 5.30. The Labute approximate surface area is 236 Å². The molecule has 1 aromatic heterocycles. The quantitative estimate of drug-likeness (QED) is 0.140. The predicted molar refractivity (Wildman–Crippen MR) is 157 cm³/mol. The van der Waals surface area contributed by atoms with Crippen molar-refractivity contribution in [2.75, 3.05) is 5.32 Å². The number of aliphatic hydroxyl groups excluding tert-OH is 2. The maximum Gasteiger partial charge on any atom is 0.351 e. The van der Waals surface area contributed by atoms with Crippen LogP contribution in [0.2, 0.25) is 0 Å². The smallest absolute Gasteiger partial charge is 0.351 e. The monoisotopic (exact) mass is 549 g/mol. The number of nitrogens with one attached hydrogen (secondary N) is 1. The lowest BCUT2D eigenvalue weighted by Crippen LogP contribution is -2.35. The summed E-state index contributed by atoms with van der Waals surface area (Å²) in [6.07, 6.45) is 22.9. The number of hydrogen-bond acceptors (Lipinski definition) is 6. The molecule has 224 valence electrons. The predicted octanol–water partition coefficient (Wildman–Crippen LogP) is 6.64.